The zero-order chi connectivity index (χ0) is 13.9. The summed E-state index contributed by atoms with van der Waals surface area (Å²) in [6.45, 7) is 6.59. The third kappa shape index (κ3) is 2.83. The maximum absolute atomic E-state index is 5.85. The molecule has 20 heavy (non-hydrogen) atoms. The zero-order valence-corrected chi connectivity index (χ0v) is 12.1. The van der Waals surface area contributed by atoms with Gasteiger partial charge >= 0.3 is 0 Å². The Bertz CT molecular complexity index is 462. The second kappa shape index (κ2) is 5.89. The lowest BCUT2D eigenvalue weighted by Gasteiger charge is -2.34. The number of nitrogens with one attached hydrogen (secondary N) is 1. The molecule has 1 N–H and O–H groups in total. The van der Waals surface area contributed by atoms with Crippen molar-refractivity contribution in [3.05, 3.63) is 18.2 Å². The molecule has 0 amide bonds. The van der Waals surface area contributed by atoms with Crippen LogP contribution >= 0.6 is 0 Å². The van der Waals surface area contributed by atoms with Gasteiger partial charge in [0.05, 0.1) is 20.3 Å². The van der Waals surface area contributed by atoms with Crippen LogP contribution in [0.2, 0.25) is 0 Å². The zero-order valence-electron chi connectivity index (χ0n) is 12.1. The van der Waals surface area contributed by atoms with Crippen molar-refractivity contribution < 1.29 is 14.2 Å². The van der Waals surface area contributed by atoms with Crippen LogP contribution in [0.25, 0.3) is 0 Å². The predicted octanol–water partition coefficient (Wildman–Crippen LogP) is 1.27. The first-order valence-corrected chi connectivity index (χ1v) is 7.17. The third-order valence-corrected chi connectivity index (χ3v) is 3.78. The third-order valence-electron chi connectivity index (χ3n) is 3.78. The van der Waals surface area contributed by atoms with E-state index in [1.807, 2.05) is 6.07 Å². The van der Waals surface area contributed by atoms with Crippen LogP contribution in [0, 0.1) is 0 Å². The van der Waals surface area contributed by atoms with E-state index >= 15 is 0 Å². The first-order valence-electron chi connectivity index (χ1n) is 7.17. The summed E-state index contributed by atoms with van der Waals surface area (Å²) in [6, 6.07) is 6.68. The average molecular weight is 278 g/mol. The summed E-state index contributed by atoms with van der Waals surface area (Å²) >= 11 is 0. The molecule has 5 nitrogen and oxygen atoms in total. The Labute approximate surface area is 119 Å². The molecule has 3 rings (SSSR count). The largest absolute Gasteiger partial charge is 0.493 e. The fourth-order valence-electron chi connectivity index (χ4n) is 2.58. The molecule has 1 unspecified atom stereocenters. The number of ether oxygens (including phenoxy) is 3. The molecule has 2 heterocycles. The summed E-state index contributed by atoms with van der Waals surface area (Å²) in [5, 5.41) is 3.45. The molecule has 2 fully saturated rings. The van der Waals surface area contributed by atoms with Gasteiger partial charge in [-0.1, -0.05) is 0 Å². The highest BCUT2D eigenvalue weighted by atomic mass is 16.6. The van der Waals surface area contributed by atoms with E-state index in [2.05, 4.69) is 29.3 Å². The van der Waals surface area contributed by atoms with Crippen molar-refractivity contribution in [2.45, 2.75) is 19.1 Å². The van der Waals surface area contributed by atoms with Crippen LogP contribution in [-0.2, 0) is 4.74 Å². The van der Waals surface area contributed by atoms with Gasteiger partial charge in [0, 0.05) is 37.4 Å². The molecule has 0 spiro atoms. The fraction of sp³-hybridized carbons (Fsp3) is 0.600. The number of benzene rings is 1. The molecule has 1 atom stereocenters. The highest BCUT2D eigenvalue weighted by Crippen LogP contribution is 2.33. The Hall–Kier alpha value is -1.46. The molecule has 2 saturated heterocycles. The number of hydrogen-bond acceptors (Lipinski definition) is 5. The van der Waals surface area contributed by atoms with Gasteiger partial charge in [0.25, 0.3) is 0 Å². The van der Waals surface area contributed by atoms with Gasteiger partial charge in [-0.05, 0) is 19.1 Å². The predicted molar refractivity (Wildman–Crippen MR) is 77.9 cm³/mol. The van der Waals surface area contributed by atoms with Crippen molar-refractivity contribution in [3.63, 3.8) is 0 Å². The smallest absolute Gasteiger partial charge is 0.162 e. The second-order valence-corrected chi connectivity index (χ2v) is 5.41. The minimum atomic E-state index is 0.161. The van der Waals surface area contributed by atoms with Gasteiger partial charge in [-0.3, -0.25) is 0 Å². The van der Waals surface area contributed by atoms with Crippen molar-refractivity contribution >= 4 is 5.69 Å². The van der Waals surface area contributed by atoms with E-state index in [-0.39, 0.29) is 6.10 Å². The lowest BCUT2D eigenvalue weighted by Crippen LogP contribution is -2.49. The molecule has 1 aromatic carbocycles. The van der Waals surface area contributed by atoms with Crippen LogP contribution in [0.1, 0.15) is 6.92 Å². The summed E-state index contributed by atoms with van der Waals surface area (Å²) in [7, 11) is 1.68. The molecule has 0 saturated carbocycles. The molecule has 0 aromatic heterocycles. The lowest BCUT2D eigenvalue weighted by molar-refractivity contribution is -0.0803. The second-order valence-electron chi connectivity index (χ2n) is 5.41. The van der Waals surface area contributed by atoms with Crippen LogP contribution in [0.4, 0.5) is 5.69 Å². The Morgan fingerprint density at radius 1 is 1.30 bits per heavy atom. The number of hydrogen-bond donors (Lipinski definition) is 1. The van der Waals surface area contributed by atoms with Crippen molar-refractivity contribution in [2.75, 3.05) is 44.9 Å². The standard InChI is InChI=1S/C15H22N2O3/c1-11-8-17(6-5-16-11)12-3-4-14(15(7-12)18-2)20-13-9-19-10-13/h3-4,7,11,13,16H,5-6,8-10H2,1-2H3. The average Bonchev–Trinajstić information content (AvgIpc) is 2.43. The molecule has 5 heteroatoms. The Kier molecular flexibility index (Phi) is 3.98. The minimum Gasteiger partial charge on any atom is -0.493 e. The lowest BCUT2D eigenvalue weighted by atomic mass is 10.2. The van der Waals surface area contributed by atoms with Gasteiger partial charge < -0.3 is 24.4 Å². The van der Waals surface area contributed by atoms with Gasteiger partial charge in [-0.25, -0.2) is 0 Å². The van der Waals surface area contributed by atoms with Crippen molar-refractivity contribution in [3.8, 4) is 11.5 Å². The summed E-state index contributed by atoms with van der Waals surface area (Å²) in [5.41, 5.74) is 1.19. The highest BCUT2D eigenvalue weighted by molar-refractivity contribution is 5.57. The van der Waals surface area contributed by atoms with Gasteiger partial charge in [0.2, 0.25) is 0 Å². The fourth-order valence-corrected chi connectivity index (χ4v) is 2.58. The molecular weight excluding hydrogens is 256 g/mol. The van der Waals surface area contributed by atoms with E-state index in [0.717, 1.165) is 31.1 Å². The van der Waals surface area contributed by atoms with Crippen molar-refractivity contribution in [1.29, 1.82) is 0 Å². The quantitative estimate of drug-likeness (QED) is 0.898. The maximum Gasteiger partial charge on any atom is 0.162 e. The van der Waals surface area contributed by atoms with Crippen molar-refractivity contribution in [2.24, 2.45) is 0 Å². The number of methoxy groups -OCH3 is 1. The molecule has 110 valence electrons. The van der Waals surface area contributed by atoms with Gasteiger partial charge in [0.1, 0.15) is 6.10 Å². The first kappa shape index (κ1) is 13.5. The van der Waals surface area contributed by atoms with Crippen LogP contribution < -0.4 is 19.7 Å². The van der Waals surface area contributed by atoms with Gasteiger partial charge in [-0.2, -0.15) is 0 Å². The molecule has 1 aromatic rings. The normalized spacial score (nSPS) is 23.3. The maximum atomic E-state index is 5.85. The van der Waals surface area contributed by atoms with E-state index in [1.165, 1.54) is 5.69 Å². The van der Waals surface area contributed by atoms with Crippen LogP contribution in [0.5, 0.6) is 11.5 Å². The van der Waals surface area contributed by atoms with Crippen LogP contribution in [0.3, 0.4) is 0 Å². The van der Waals surface area contributed by atoms with Crippen molar-refractivity contribution in [1.82, 2.24) is 5.32 Å². The Balaban J connectivity index is 1.75. The summed E-state index contributed by atoms with van der Waals surface area (Å²) < 4.78 is 16.5. The number of anilines is 1. The monoisotopic (exact) mass is 278 g/mol. The van der Waals surface area contributed by atoms with E-state index < -0.39 is 0 Å². The van der Waals surface area contributed by atoms with E-state index in [9.17, 15) is 0 Å². The summed E-state index contributed by atoms with van der Waals surface area (Å²) in [4.78, 5) is 2.37. The number of nitrogens with zero attached hydrogens (tertiary/aromatic N) is 1. The number of rotatable bonds is 4. The first-order chi connectivity index (χ1) is 9.76. The highest BCUT2D eigenvalue weighted by Gasteiger charge is 2.23. The van der Waals surface area contributed by atoms with E-state index in [0.29, 0.717) is 19.3 Å². The Morgan fingerprint density at radius 3 is 2.80 bits per heavy atom. The molecule has 0 bridgehead atoms. The topological polar surface area (TPSA) is 43.0 Å². The van der Waals surface area contributed by atoms with E-state index in [4.69, 9.17) is 14.2 Å². The molecule has 0 aliphatic carbocycles. The molecule has 2 aliphatic heterocycles. The summed E-state index contributed by atoms with van der Waals surface area (Å²) in [5.74, 6) is 1.59. The molecule has 0 radical (unpaired) electrons. The van der Waals surface area contributed by atoms with Crippen LogP contribution in [0.15, 0.2) is 18.2 Å². The summed E-state index contributed by atoms with van der Waals surface area (Å²) in [6.07, 6.45) is 0.161. The van der Waals surface area contributed by atoms with Gasteiger partial charge in [0.15, 0.2) is 11.5 Å². The molecule has 2 aliphatic rings. The van der Waals surface area contributed by atoms with E-state index in [1.54, 1.807) is 7.11 Å². The number of piperazine rings is 1. The Morgan fingerprint density at radius 2 is 2.15 bits per heavy atom. The van der Waals surface area contributed by atoms with Crippen LogP contribution in [-0.4, -0.2) is 52.1 Å². The molecular formula is C15H22N2O3. The SMILES string of the molecule is COc1cc(N2CCNC(C)C2)ccc1OC1COC1. The minimum absolute atomic E-state index is 0.161. The van der Waals surface area contributed by atoms with Gasteiger partial charge in [-0.15, -0.1) is 0 Å².